The fraction of sp³-hybridized carbons (Fsp3) is 0.625. The average Bonchev–Trinajstić information content (AvgIpc) is 2.37. The predicted molar refractivity (Wildman–Crippen MR) is 77.6 cm³/mol. The van der Waals surface area contributed by atoms with E-state index in [9.17, 15) is 0 Å². The third-order valence-corrected chi connectivity index (χ3v) is 3.77. The van der Waals surface area contributed by atoms with E-state index in [1.54, 1.807) is 0 Å². The lowest BCUT2D eigenvalue weighted by atomic mass is 9.97. The molecule has 0 aliphatic carbocycles. The Morgan fingerprint density at radius 1 is 1.22 bits per heavy atom. The van der Waals surface area contributed by atoms with Gasteiger partial charge < -0.3 is 5.32 Å². The summed E-state index contributed by atoms with van der Waals surface area (Å²) in [6.07, 6.45) is 2.61. The largest absolute Gasteiger partial charge is 0.315 e. The van der Waals surface area contributed by atoms with Gasteiger partial charge in [-0.2, -0.15) is 0 Å². The Hall–Kier alpha value is -0.860. The summed E-state index contributed by atoms with van der Waals surface area (Å²) in [6, 6.07) is 11.5. The standard InChI is InChI=1S/C16H26N2/c1-16(2,3)18(15-10-7-11-17-12-15)13-14-8-5-4-6-9-14/h4-6,8-9,15,17H,7,10-13H2,1-3H3. The molecule has 2 nitrogen and oxygen atoms in total. The normalized spacial score (nSPS) is 21.2. The molecule has 1 N–H and O–H groups in total. The van der Waals surface area contributed by atoms with Crippen LogP contribution < -0.4 is 5.32 Å². The minimum absolute atomic E-state index is 0.222. The summed E-state index contributed by atoms with van der Waals surface area (Å²) in [5.41, 5.74) is 1.64. The molecule has 2 heteroatoms. The Bertz CT molecular complexity index is 347. The minimum atomic E-state index is 0.222. The van der Waals surface area contributed by atoms with E-state index in [0.29, 0.717) is 6.04 Å². The zero-order chi connectivity index (χ0) is 13.0. The molecule has 1 saturated heterocycles. The summed E-state index contributed by atoms with van der Waals surface area (Å²) in [5.74, 6) is 0. The maximum Gasteiger partial charge on any atom is 0.0242 e. The van der Waals surface area contributed by atoms with Crippen LogP contribution >= 0.6 is 0 Å². The first kappa shape index (κ1) is 13.6. The molecular formula is C16H26N2. The van der Waals surface area contributed by atoms with Crippen LogP contribution in [0.15, 0.2) is 30.3 Å². The molecule has 0 aromatic heterocycles. The quantitative estimate of drug-likeness (QED) is 0.882. The molecule has 2 rings (SSSR count). The Labute approximate surface area is 111 Å². The topological polar surface area (TPSA) is 15.3 Å². The van der Waals surface area contributed by atoms with Gasteiger partial charge in [0.25, 0.3) is 0 Å². The van der Waals surface area contributed by atoms with Crippen LogP contribution in [0.3, 0.4) is 0 Å². The van der Waals surface area contributed by atoms with Crippen LogP contribution in [0.5, 0.6) is 0 Å². The smallest absolute Gasteiger partial charge is 0.0242 e. The maximum atomic E-state index is 3.53. The van der Waals surface area contributed by atoms with Gasteiger partial charge in [0.15, 0.2) is 0 Å². The predicted octanol–water partition coefficient (Wildman–Crippen LogP) is 3.04. The van der Waals surface area contributed by atoms with Crippen molar-refractivity contribution in [3.63, 3.8) is 0 Å². The summed E-state index contributed by atoms with van der Waals surface area (Å²) in [7, 11) is 0. The highest BCUT2D eigenvalue weighted by atomic mass is 15.2. The van der Waals surface area contributed by atoms with Crippen molar-refractivity contribution in [2.45, 2.75) is 51.7 Å². The number of piperidine rings is 1. The number of benzene rings is 1. The van der Waals surface area contributed by atoms with Crippen molar-refractivity contribution in [3.05, 3.63) is 35.9 Å². The molecule has 0 amide bonds. The Morgan fingerprint density at radius 3 is 2.50 bits per heavy atom. The zero-order valence-electron chi connectivity index (χ0n) is 11.9. The molecule has 1 aromatic rings. The van der Waals surface area contributed by atoms with Crippen molar-refractivity contribution >= 4 is 0 Å². The van der Waals surface area contributed by atoms with Crippen LogP contribution in [0.2, 0.25) is 0 Å². The van der Waals surface area contributed by atoms with Gasteiger partial charge in [-0.3, -0.25) is 4.90 Å². The second-order valence-electron chi connectivity index (χ2n) is 6.28. The number of hydrogen-bond donors (Lipinski definition) is 1. The van der Waals surface area contributed by atoms with Gasteiger partial charge in [-0.1, -0.05) is 30.3 Å². The van der Waals surface area contributed by atoms with E-state index < -0.39 is 0 Å². The van der Waals surface area contributed by atoms with E-state index in [1.807, 2.05) is 0 Å². The fourth-order valence-electron chi connectivity index (χ4n) is 2.79. The second-order valence-corrected chi connectivity index (χ2v) is 6.28. The summed E-state index contributed by atoms with van der Waals surface area (Å²) in [5, 5.41) is 3.53. The third kappa shape index (κ3) is 3.56. The van der Waals surface area contributed by atoms with Gasteiger partial charge >= 0.3 is 0 Å². The lowest BCUT2D eigenvalue weighted by Crippen LogP contribution is -2.53. The highest BCUT2D eigenvalue weighted by molar-refractivity contribution is 5.15. The number of nitrogens with zero attached hydrogens (tertiary/aromatic N) is 1. The van der Waals surface area contributed by atoms with Crippen LogP contribution in [0.25, 0.3) is 0 Å². The average molecular weight is 246 g/mol. The van der Waals surface area contributed by atoms with Gasteiger partial charge in [0.05, 0.1) is 0 Å². The number of hydrogen-bond acceptors (Lipinski definition) is 2. The van der Waals surface area contributed by atoms with Crippen molar-refractivity contribution in [2.75, 3.05) is 13.1 Å². The van der Waals surface area contributed by atoms with Crippen molar-refractivity contribution in [3.8, 4) is 0 Å². The van der Waals surface area contributed by atoms with Crippen molar-refractivity contribution in [2.24, 2.45) is 0 Å². The first-order chi connectivity index (χ1) is 8.57. The number of rotatable bonds is 3. The van der Waals surface area contributed by atoms with Crippen LogP contribution in [0.4, 0.5) is 0 Å². The SMILES string of the molecule is CC(C)(C)N(Cc1ccccc1)C1CCCNC1. The molecule has 1 aromatic carbocycles. The Kier molecular flexibility index (Phi) is 4.41. The molecule has 0 radical (unpaired) electrons. The fourth-order valence-corrected chi connectivity index (χ4v) is 2.79. The minimum Gasteiger partial charge on any atom is -0.315 e. The van der Waals surface area contributed by atoms with Crippen LogP contribution in [-0.4, -0.2) is 29.6 Å². The van der Waals surface area contributed by atoms with E-state index in [1.165, 1.54) is 24.9 Å². The van der Waals surface area contributed by atoms with Gasteiger partial charge in [0, 0.05) is 24.7 Å². The lowest BCUT2D eigenvalue weighted by Gasteiger charge is -2.43. The molecule has 100 valence electrons. The van der Waals surface area contributed by atoms with Gasteiger partial charge in [0.1, 0.15) is 0 Å². The van der Waals surface area contributed by atoms with Crippen LogP contribution in [-0.2, 0) is 6.54 Å². The zero-order valence-corrected chi connectivity index (χ0v) is 11.9. The van der Waals surface area contributed by atoms with E-state index in [-0.39, 0.29) is 5.54 Å². The van der Waals surface area contributed by atoms with Gasteiger partial charge in [-0.05, 0) is 45.7 Å². The van der Waals surface area contributed by atoms with E-state index in [4.69, 9.17) is 0 Å². The van der Waals surface area contributed by atoms with Gasteiger partial charge in [-0.25, -0.2) is 0 Å². The van der Waals surface area contributed by atoms with Crippen molar-refractivity contribution in [1.29, 1.82) is 0 Å². The highest BCUT2D eigenvalue weighted by Crippen LogP contribution is 2.23. The molecular weight excluding hydrogens is 220 g/mol. The van der Waals surface area contributed by atoms with E-state index in [2.05, 4.69) is 61.3 Å². The molecule has 0 bridgehead atoms. The Balaban J connectivity index is 2.10. The summed E-state index contributed by atoms with van der Waals surface area (Å²) in [6.45, 7) is 10.3. The molecule has 1 heterocycles. The second kappa shape index (κ2) is 5.85. The molecule has 0 spiro atoms. The molecule has 1 fully saturated rings. The van der Waals surface area contributed by atoms with Crippen molar-refractivity contribution in [1.82, 2.24) is 10.2 Å². The van der Waals surface area contributed by atoms with Gasteiger partial charge in [-0.15, -0.1) is 0 Å². The molecule has 18 heavy (non-hydrogen) atoms. The Morgan fingerprint density at radius 2 is 1.94 bits per heavy atom. The monoisotopic (exact) mass is 246 g/mol. The molecule has 1 atom stereocenters. The first-order valence-corrected chi connectivity index (χ1v) is 7.09. The van der Waals surface area contributed by atoms with E-state index >= 15 is 0 Å². The molecule has 1 aliphatic rings. The highest BCUT2D eigenvalue weighted by Gasteiger charge is 2.29. The molecule has 0 saturated carbocycles. The third-order valence-electron chi connectivity index (χ3n) is 3.77. The van der Waals surface area contributed by atoms with E-state index in [0.717, 1.165) is 13.1 Å². The maximum absolute atomic E-state index is 3.53. The van der Waals surface area contributed by atoms with Gasteiger partial charge in [0.2, 0.25) is 0 Å². The summed E-state index contributed by atoms with van der Waals surface area (Å²) in [4.78, 5) is 2.65. The van der Waals surface area contributed by atoms with Crippen LogP contribution in [0.1, 0.15) is 39.2 Å². The number of nitrogens with one attached hydrogen (secondary N) is 1. The van der Waals surface area contributed by atoms with Crippen LogP contribution in [0, 0.1) is 0 Å². The molecule has 1 unspecified atom stereocenters. The first-order valence-electron chi connectivity index (χ1n) is 7.09. The lowest BCUT2D eigenvalue weighted by molar-refractivity contribution is 0.0587. The summed E-state index contributed by atoms with van der Waals surface area (Å²) >= 11 is 0. The summed E-state index contributed by atoms with van der Waals surface area (Å²) < 4.78 is 0. The molecule has 1 aliphatic heterocycles. The van der Waals surface area contributed by atoms with Crippen molar-refractivity contribution < 1.29 is 0 Å².